The quantitative estimate of drug-likeness (QED) is 0.578. The predicted molar refractivity (Wildman–Crippen MR) is 85.6 cm³/mol. The predicted octanol–water partition coefficient (Wildman–Crippen LogP) is 4.25. The van der Waals surface area contributed by atoms with Gasteiger partial charge in [-0.1, -0.05) is 30.3 Å². The first-order valence-electron chi connectivity index (χ1n) is 6.64. The number of hydrogen-bond donors (Lipinski definition) is 1. The summed E-state index contributed by atoms with van der Waals surface area (Å²) in [6.07, 6.45) is 2.03. The summed E-state index contributed by atoms with van der Waals surface area (Å²) in [5.41, 5.74) is 2.41. The molecule has 3 rings (SSSR count). The Morgan fingerprint density at radius 2 is 1.90 bits per heavy atom. The minimum absolute atomic E-state index is 0.281. The van der Waals surface area contributed by atoms with E-state index in [9.17, 15) is 4.79 Å². The van der Waals surface area contributed by atoms with Gasteiger partial charge in [-0.25, -0.2) is 4.79 Å². The molecule has 1 heterocycles. The number of hydrogen-bond acceptors (Lipinski definition) is 3. The van der Waals surface area contributed by atoms with Crippen LogP contribution in [0, 0.1) is 0 Å². The van der Waals surface area contributed by atoms with Gasteiger partial charge in [-0.2, -0.15) is 0 Å². The Kier molecular flexibility index (Phi) is 3.97. The Balaban J connectivity index is 1.68. The van der Waals surface area contributed by atoms with Gasteiger partial charge < -0.3 is 9.72 Å². The minimum atomic E-state index is -0.333. The number of H-pyrrole nitrogens is 1. The SMILES string of the molecule is CSc1ccc(COC(=O)c2cc3ccccc3[nH]2)cc1. The summed E-state index contributed by atoms with van der Waals surface area (Å²) in [5, 5.41) is 1.01. The standard InChI is InChI=1S/C17H15NO2S/c1-21-14-8-6-12(7-9-14)11-20-17(19)16-10-13-4-2-3-5-15(13)18-16/h2-10,18H,11H2,1H3. The molecule has 0 fully saturated rings. The van der Waals surface area contributed by atoms with Crippen molar-refractivity contribution in [2.75, 3.05) is 6.26 Å². The maximum atomic E-state index is 12.1. The Labute approximate surface area is 127 Å². The van der Waals surface area contributed by atoms with Crippen molar-refractivity contribution < 1.29 is 9.53 Å². The molecule has 106 valence electrons. The van der Waals surface area contributed by atoms with Crippen LogP contribution < -0.4 is 0 Å². The number of carbonyl (C=O) groups excluding carboxylic acids is 1. The summed E-state index contributed by atoms with van der Waals surface area (Å²) in [4.78, 5) is 16.3. The number of ether oxygens (including phenoxy) is 1. The molecule has 0 amide bonds. The van der Waals surface area contributed by atoms with Crippen LogP contribution in [0.2, 0.25) is 0 Å². The van der Waals surface area contributed by atoms with Gasteiger partial charge >= 0.3 is 5.97 Å². The highest BCUT2D eigenvalue weighted by atomic mass is 32.2. The summed E-state index contributed by atoms with van der Waals surface area (Å²) >= 11 is 1.69. The van der Waals surface area contributed by atoms with Crippen molar-refractivity contribution in [2.45, 2.75) is 11.5 Å². The van der Waals surface area contributed by atoms with E-state index in [4.69, 9.17) is 4.74 Å². The van der Waals surface area contributed by atoms with Gasteiger partial charge in [0.15, 0.2) is 0 Å². The molecule has 0 bridgehead atoms. The summed E-state index contributed by atoms with van der Waals surface area (Å²) in [6.45, 7) is 0.281. The van der Waals surface area contributed by atoms with Crippen LogP contribution in [0.1, 0.15) is 16.1 Å². The van der Waals surface area contributed by atoms with Crippen LogP contribution in [0.15, 0.2) is 59.5 Å². The van der Waals surface area contributed by atoms with Gasteiger partial charge in [0.2, 0.25) is 0 Å². The van der Waals surface area contributed by atoms with E-state index in [1.807, 2.05) is 60.9 Å². The Bertz CT molecular complexity index is 729. The van der Waals surface area contributed by atoms with E-state index in [1.54, 1.807) is 11.8 Å². The van der Waals surface area contributed by atoms with Crippen molar-refractivity contribution in [3.05, 3.63) is 65.9 Å². The lowest BCUT2D eigenvalue weighted by Gasteiger charge is -2.04. The van der Waals surface area contributed by atoms with Crippen molar-refractivity contribution in [1.82, 2.24) is 4.98 Å². The first-order chi connectivity index (χ1) is 10.3. The molecule has 0 atom stereocenters. The zero-order valence-corrected chi connectivity index (χ0v) is 12.4. The van der Waals surface area contributed by atoms with Crippen LogP contribution in [0.25, 0.3) is 10.9 Å². The molecule has 2 aromatic carbocycles. The van der Waals surface area contributed by atoms with Crippen molar-refractivity contribution in [3.8, 4) is 0 Å². The summed E-state index contributed by atoms with van der Waals surface area (Å²) in [7, 11) is 0. The van der Waals surface area contributed by atoms with Gasteiger partial charge in [-0.15, -0.1) is 11.8 Å². The van der Waals surface area contributed by atoms with Crippen LogP contribution in [0.3, 0.4) is 0 Å². The molecule has 3 nitrogen and oxygen atoms in total. The molecular formula is C17H15NO2S. The molecular weight excluding hydrogens is 282 g/mol. The van der Waals surface area contributed by atoms with Crippen LogP contribution in [0.5, 0.6) is 0 Å². The van der Waals surface area contributed by atoms with Gasteiger partial charge in [-0.3, -0.25) is 0 Å². The first-order valence-corrected chi connectivity index (χ1v) is 7.86. The highest BCUT2D eigenvalue weighted by molar-refractivity contribution is 7.98. The molecule has 1 aromatic heterocycles. The first kappa shape index (κ1) is 13.8. The second-order valence-electron chi connectivity index (χ2n) is 4.69. The number of thioether (sulfide) groups is 1. The fraction of sp³-hybridized carbons (Fsp3) is 0.118. The number of rotatable bonds is 4. The third-order valence-corrected chi connectivity index (χ3v) is 4.02. The molecule has 21 heavy (non-hydrogen) atoms. The number of esters is 1. The van der Waals surface area contributed by atoms with Gasteiger partial charge in [-0.05, 0) is 36.1 Å². The molecule has 0 saturated heterocycles. The third-order valence-electron chi connectivity index (χ3n) is 3.28. The Morgan fingerprint density at radius 3 is 2.62 bits per heavy atom. The van der Waals surface area contributed by atoms with E-state index >= 15 is 0 Å². The van der Waals surface area contributed by atoms with Crippen LogP contribution in [-0.2, 0) is 11.3 Å². The molecule has 0 aliphatic carbocycles. The second-order valence-corrected chi connectivity index (χ2v) is 5.57. The number of benzene rings is 2. The van der Waals surface area contributed by atoms with Crippen molar-refractivity contribution >= 4 is 28.6 Å². The Morgan fingerprint density at radius 1 is 1.14 bits per heavy atom. The lowest BCUT2D eigenvalue weighted by Crippen LogP contribution is -2.05. The molecule has 4 heteroatoms. The van der Waals surface area contributed by atoms with Crippen LogP contribution in [-0.4, -0.2) is 17.2 Å². The number of para-hydroxylation sites is 1. The van der Waals surface area contributed by atoms with E-state index in [1.165, 1.54) is 4.90 Å². The van der Waals surface area contributed by atoms with E-state index < -0.39 is 0 Å². The van der Waals surface area contributed by atoms with Gasteiger partial charge in [0.25, 0.3) is 0 Å². The molecule has 3 aromatic rings. The zero-order chi connectivity index (χ0) is 14.7. The second kappa shape index (κ2) is 6.06. The summed E-state index contributed by atoms with van der Waals surface area (Å²) < 4.78 is 5.34. The van der Waals surface area contributed by atoms with Gasteiger partial charge in [0, 0.05) is 15.8 Å². The molecule has 0 radical (unpaired) electrons. The lowest BCUT2D eigenvalue weighted by molar-refractivity contribution is 0.0467. The summed E-state index contributed by atoms with van der Waals surface area (Å²) in [5.74, 6) is -0.333. The monoisotopic (exact) mass is 297 g/mol. The Hall–Kier alpha value is -2.20. The number of nitrogens with one attached hydrogen (secondary N) is 1. The fourth-order valence-electron chi connectivity index (χ4n) is 2.13. The maximum Gasteiger partial charge on any atom is 0.355 e. The minimum Gasteiger partial charge on any atom is -0.456 e. The smallest absolute Gasteiger partial charge is 0.355 e. The molecule has 0 saturated carbocycles. The van der Waals surface area contributed by atoms with Crippen molar-refractivity contribution in [3.63, 3.8) is 0 Å². The van der Waals surface area contributed by atoms with Gasteiger partial charge in [0.05, 0.1) is 0 Å². The maximum absolute atomic E-state index is 12.1. The average molecular weight is 297 g/mol. The van der Waals surface area contributed by atoms with Crippen molar-refractivity contribution in [1.29, 1.82) is 0 Å². The van der Waals surface area contributed by atoms with E-state index in [0.717, 1.165) is 16.5 Å². The average Bonchev–Trinajstić information content (AvgIpc) is 2.97. The van der Waals surface area contributed by atoms with Crippen molar-refractivity contribution in [2.24, 2.45) is 0 Å². The molecule has 0 aliphatic rings. The number of aromatic nitrogens is 1. The highest BCUT2D eigenvalue weighted by Gasteiger charge is 2.10. The molecule has 0 aliphatic heterocycles. The van der Waals surface area contributed by atoms with E-state index in [2.05, 4.69) is 4.98 Å². The molecule has 0 unspecified atom stereocenters. The summed E-state index contributed by atoms with van der Waals surface area (Å²) in [6, 6.07) is 17.6. The lowest BCUT2D eigenvalue weighted by atomic mass is 10.2. The number of fused-ring (bicyclic) bond motifs is 1. The number of aromatic amines is 1. The molecule has 0 spiro atoms. The van der Waals surface area contributed by atoms with E-state index in [0.29, 0.717) is 5.69 Å². The third kappa shape index (κ3) is 3.11. The largest absolute Gasteiger partial charge is 0.456 e. The fourth-order valence-corrected chi connectivity index (χ4v) is 2.54. The number of carbonyl (C=O) groups is 1. The zero-order valence-electron chi connectivity index (χ0n) is 11.6. The van der Waals surface area contributed by atoms with Crippen LogP contribution >= 0.6 is 11.8 Å². The topological polar surface area (TPSA) is 42.1 Å². The van der Waals surface area contributed by atoms with E-state index in [-0.39, 0.29) is 12.6 Å². The normalized spacial score (nSPS) is 10.7. The van der Waals surface area contributed by atoms with Crippen LogP contribution in [0.4, 0.5) is 0 Å². The molecule has 1 N–H and O–H groups in total. The van der Waals surface area contributed by atoms with Gasteiger partial charge in [0.1, 0.15) is 12.3 Å². The highest BCUT2D eigenvalue weighted by Crippen LogP contribution is 2.17.